The first-order valence-electron chi connectivity index (χ1n) is 6.03. The summed E-state index contributed by atoms with van der Waals surface area (Å²) in [5, 5.41) is 8.70. The van der Waals surface area contributed by atoms with Gasteiger partial charge < -0.3 is 19.3 Å². The zero-order chi connectivity index (χ0) is 13.7. The van der Waals surface area contributed by atoms with Crippen LogP contribution in [0.1, 0.15) is 12.0 Å². The number of rotatable bonds is 5. The summed E-state index contributed by atoms with van der Waals surface area (Å²) in [6, 6.07) is 5.36. The van der Waals surface area contributed by atoms with E-state index in [0.29, 0.717) is 30.3 Å². The fraction of sp³-hybridized carbons (Fsp3) is 0.357. The van der Waals surface area contributed by atoms with Gasteiger partial charge in [-0.05, 0) is 12.1 Å². The molecule has 1 aromatic carbocycles. The van der Waals surface area contributed by atoms with Crippen LogP contribution in [-0.2, 0) is 9.53 Å². The fourth-order valence-corrected chi connectivity index (χ4v) is 1.88. The van der Waals surface area contributed by atoms with Gasteiger partial charge in [0, 0.05) is 18.1 Å². The molecule has 0 aliphatic carbocycles. The fourth-order valence-electron chi connectivity index (χ4n) is 1.88. The third-order valence-corrected chi connectivity index (χ3v) is 2.81. The van der Waals surface area contributed by atoms with Crippen LogP contribution in [0.4, 0.5) is 0 Å². The standard InChI is InChI=1S/C14H16O5/c1-17-12-4-2-3-10(5-6-13(15)16)14(12)19-11-7-8-18-9-11/h2-6,11H,7-9H2,1H3,(H,15,16). The van der Waals surface area contributed by atoms with Crippen molar-refractivity contribution < 1.29 is 24.1 Å². The van der Waals surface area contributed by atoms with E-state index in [9.17, 15) is 4.79 Å². The van der Waals surface area contributed by atoms with Crippen LogP contribution in [0.2, 0.25) is 0 Å². The molecule has 0 spiro atoms. The molecule has 0 aromatic heterocycles. The van der Waals surface area contributed by atoms with E-state index in [-0.39, 0.29) is 6.10 Å². The third kappa shape index (κ3) is 3.48. The van der Waals surface area contributed by atoms with E-state index >= 15 is 0 Å². The Kier molecular flexibility index (Phi) is 4.41. The smallest absolute Gasteiger partial charge is 0.328 e. The number of carboxylic acids is 1. The second kappa shape index (κ2) is 6.24. The van der Waals surface area contributed by atoms with Crippen LogP contribution in [0, 0.1) is 0 Å². The van der Waals surface area contributed by atoms with Crippen LogP contribution in [0.15, 0.2) is 24.3 Å². The van der Waals surface area contributed by atoms with E-state index in [1.54, 1.807) is 25.3 Å². The molecule has 0 bridgehead atoms. The lowest BCUT2D eigenvalue weighted by Crippen LogP contribution is -2.16. The topological polar surface area (TPSA) is 65.0 Å². The first kappa shape index (κ1) is 13.4. The van der Waals surface area contributed by atoms with Crippen molar-refractivity contribution in [3.05, 3.63) is 29.8 Å². The predicted octanol–water partition coefficient (Wildman–Crippen LogP) is 1.96. The second-order valence-corrected chi connectivity index (χ2v) is 4.15. The van der Waals surface area contributed by atoms with E-state index in [1.165, 1.54) is 6.08 Å². The first-order chi connectivity index (χ1) is 9.20. The molecule has 1 saturated heterocycles. The maximum Gasteiger partial charge on any atom is 0.328 e. The van der Waals surface area contributed by atoms with E-state index < -0.39 is 5.97 Å². The average molecular weight is 264 g/mol. The molecule has 19 heavy (non-hydrogen) atoms. The van der Waals surface area contributed by atoms with Crippen LogP contribution in [0.25, 0.3) is 6.08 Å². The molecule has 1 unspecified atom stereocenters. The Hall–Kier alpha value is -2.01. The number of hydrogen-bond donors (Lipinski definition) is 1. The summed E-state index contributed by atoms with van der Waals surface area (Å²) in [5.74, 6) is 0.135. The summed E-state index contributed by atoms with van der Waals surface area (Å²) in [4.78, 5) is 10.6. The Bertz CT molecular complexity index is 475. The number of para-hydroxylation sites is 1. The van der Waals surface area contributed by atoms with Gasteiger partial charge in [0.15, 0.2) is 11.5 Å². The van der Waals surface area contributed by atoms with Crippen molar-refractivity contribution in [1.82, 2.24) is 0 Å². The average Bonchev–Trinajstić information content (AvgIpc) is 2.90. The minimum Gasteiger partial charge on any atom is -0.493 e. The molecule has 0 saturated carbocycles. The molecule has 1 atom stereocenters. The second-order valence-electron chi connectivity index (χ2n) is 4.15. The summed E-state index contributed by atoms with van der Waals surface area (Å²) in [6.45, 7) is 1.22. The van der Waals surface area contributed by atoms with Crippen molar-refractivity contribution in [2.75, 3.05) is 20.3 Å². The monoisotopic (exact) mass is 264 g/mol. The van der Waals surface area contributed by atoms with E-state index in [2.05, 4.69) is 0 Å². The highest BCUT2D eigenvalue weighted by molar-refractivity contribution is 5.86. The lowest BCUT2D eigenvalue weighted by atomic mass is 10.1. The number of methoxy groups -OCH3 is 1. The van der Waals surface area contributed by atoms with Crippen molar-refractivity contribution in [3.8, 4) is 11.5 Å². The van der Waals surface area contributed by atoms with Crippen molar-refractivity contribution >= 4 is 12.0 Å². The molecule has 1 N–H and O–H groups in total. The van der Waals surface area contributed by atoms with Crippen LogP contribution in [0.5, 0.6) is 11.5 Å². The SMILES string of the molecule is COc1cccc(C=CC(=O)O)c1OC1CCOC1. The zero-order valence-electron chi connectivity index (χ0n) is 10.7. The summed E-state index contributed by atoms with van der Waals surface area (Å²) >= 11 is 0. The molecule has 1 fully saturated rings. The van der Waals surface area contributed by atoms with E-state index in [1.807, 2.05) is 0 Å². The van der Waals surface area contributed by atoms with Gasteiger partial charge in [-0.15, -0.1) is 0 Å². The maximum atomic E-state index is 10.6. The number of benzene rings is 1. The molecular weight excluding hydrogens is 248 g/mol. The third-order valence-electron chi connectivity index (χ3n) is 2.81. The highest BCUT2D eigenvalue weighted by Gasteiger charge is 2.20. The molecule has 0 radical (unpaired) electrons. The number of carboxylic acid groups (broad SMARTS) is 1. The molecule has 1 aromatic rings. The molecule has 1 aliphatic rings. The number of aliphatic carboxylic acids is 1. The van der Waals surface area contributed by atoms with Crippen molar-refractivity contribution in [2.45, 2.75) is 12.5 Å². The molecule has 1 heterocycles. The summed E-state index contributed by atoms with van der Waals surface area (Å²) in [6.07, 6.45) is 3.37. The van der Waals surface area contributed by atoms with Gasteiger partial charge in [0.05, 0.1) is 20.3 Å². The minimum atomic E-state index is -1.00. The van der Waals surface area contributed by atoms with Gasteiger partial charge in [-0.2, -0.15) is 0 Å². The maximum absolute atomic E-state index is 10.6. The normalized spacial score (nSPS) is 18.7. The van der Waals surface area contributed by atoms with Crippen LogP contribution >= 0.6 is 0 Å². The first-order valence-corrected chi connectivity index (χ1v) is 6.03. The minimum absolute atomic E-state index is 0.0201. The Morgan fingerprint density at radius 1 is 1.53 bits per heavy atom. The lowest BCUT2D eigenvalue weighted by Gasteiger charge is -2.17. The van der Waals surface area contributed by atoms with Gasteiger partial charge in [0.2, 0.25) is 0 Å². The number of hydrogen-bond acceptors (Lipinski definition) is 4. The van der Waals surface area contributed by atoms with Gasteiger partial charge in [-0.25, -0.2) is 4.79 Å². The summed E-state index contributed by atoms with van der Waals surface area (Å²) in [5.41, 5.74) is 0.675. The molecular formula is C14H16O5. The van der Waals surface area contributed by atoms with Gasteiger partial charge in [0.25, 0.3) is 0 Å². The van der Waals surface area contributed by atoms with Crippen LogP contribution in [0.3, 0.4) is 0 Å². The molecule has 102 valence electrons. The number of ether oxygens (including phenoxy) is 3. The van der Waals surface area contributed by atoms with Gasteiger partial charge in [-0.1, -0.05) is 12.1 Å². The molecule has 1 aliphatic heterocycles. The molecule has 2 rings (SSSR count). The molecule has 5 heteroatoms. The molecule has 0 amide bonds. The zero-order valence-corrected chi connectivity index (χ0v) is 10.7. The summed E-state index contributed by atoms with van der Waals surface area (Å²) < 4.78 is 16.4. The summed E-state index contributed by atoms with van der Waals surface area (Å²) in [7, 11) is 1.55. The highest BCUT2D eigenvalue weighted by atomic mass is 16.6. The van der Waals surface area contributed by atoms with Gasteiger partial charge >= 0.3 is 5.97 Å². The van der Waals surface area contributed by atoms with Crippen LogP contribution < -0.4 is 9.47 Å². The lowest BCUT2D eigenvalue weighted by molar-refractivity contribution is -0.131. The Morgan fingerprint density at radius 3 is 3.00 bits per heavy atom. The van der Waals surface area contributed by atoms with Crippen LogP contribution in [-0.4, -0.2) is 37.5 Å². The van der Waals surface area contributed by atoms with E-state index in [0.717, 1.165) is 12.5 Å². The van der Waals surface area contributed by atoms with Crippen molar-refractivity contribution in [2.24, 2.45) is 0 Å². The predicted molar refractivity (Wildman–Crippen MR) is 69.5 cm³/mol. The quantitative estimate of drug-likeness (QED) is 0.823. The molecule has 5 nitrogen and oxygen atoms in total. The van der Waals surface area contributed by atoms with Crippen molar-refractivity contribution in [1.29, 1.82) is 0 Å². The Morgan fingerprint density at radius 2 is 2.37 bits per heavy atom. The number of carbonyl (C=O) groups is 1. The Labute approximate surface area is 111 Å². The van der Waals surface area contributed by atoms with Gasteiger partial charge in [0.1, 0.15) is 6.10 Å². The van der Waals surface area contributed by atoms with Gasteiger partial charge in [-0.3, -0.25) is 0 Å². The highest BCUT2D eigenvalue weighted by Crippen LogP contribution is 2.33. The Balaban J connectivity index is 2.27. The van der Waals surface area contributed by atoms with E-state index in [4.69, 9.17) is 19.3 Å². The van der Waals surface area contributed by atoms with Crippen molar-refractivity contribution in [3.63, 3.8) is 0 Å². The largest absolute Gasteiger partial charge is 0.493 e.